The standard InChI is InChI=1S/C13H7F3IN3O/c14-13(15,16)21-10-4-2-1-3-8(10)9-7-20-11(17)5-19-12(20)6-18-9/h1-7H. The molecule has 0 aliphatic rings. The average Bonchev–Trinajstić information content (AvgIpc) is 2.79. The first kappa shape index (κ1) is 14.1. The van der Waals surface area contributed by atoms with Crippen LogP contribution < -0.4 is 4.74 Å². The van der Waals surface area contributed by atoms with Gasteiger partial charge >= 0.3 is 6.36 Å². The van der Waals surface area contributed by atoms with Crippen LogP contribution in [0.25, 0.3) is 16.9 Å². The van der Waals surface area contributed by atoms with Crippen LogP contribution in [-0.2, 0) is 0 Å². The van der Waals surface area contributed by atoms with Crippen LogP contribution in [0.2, 0.25) is 0 Å². The molecule has 0 saturated carbocycles. The number of halogens is 4. The van der Waals surface area contributed by atoms with Gasteiger partial charge in [-0.15, -0.1) is 13.2 Å². The molecule has 0 aliphatic heterocycles. The predicted molar refractivity (Wildman–Crippen MR) is 77.8 cm³/mol. The highest BCUT2D eigenvalue weighted by molar-refractivity contribution is 14.1. The highest BCUT2D eigenvalue weighted by atomic mass is 127. The van der Waals surface area contributed by atoms with Gasteiger partial charge in [-0.1, -0.05) is 12.1 Å². The summed E-state index contributed by atoms with van der Waals surface area (Å²) in [6, 6.07) is 5.89. The molecule has 1 aromatic carbocycles. The van der Waals surface area contributed by atoms with Crippen molar-refractivity contribution in [2.24, 2.45) is 0 Å². The lowest BCUT2D eigenvalue weighted by Gasteiger charge is -2.12. The summed E-state index contributed by atoms with van der Waals surface area (Å²) in [5.41, 5.74) is 1.26. The zero-order valence-electron chi connectivity index (χ0n) is 10.3. The minimum absolute atomic E-state index is 0.265. The van der Waals surface area contributed by atoms with Crippen LogP contribution in [0.1, 0.15) is 0 Å². The molecule has 0 unspecified atom stereocenters. The van der Waals surface area contributed by atoms with Gasteiger partial charge in [0, 0.05) is 11.8 Å². The van der Waals surface area contributed by atoms with E-state index in [4.69, 9.17) is 0 Å². The summed E-state index contributed by atoms with van der Waals surface area (Å²) < 4.78 is 44.0. The quantitative estimate of drug-likeness (QED) is 0.608. The lowest BCUT2D eigenvalue weighted by atomic mass is 10.1. The minimum Gasteiger partial charge on any atom is -0.405 e. The number of hydrogen-bond donors (Lipinski definition) is 0. The van der Waals surface area contributed by atoms with Gasteiger partial charge in [0.25, 0.3) is 0 Å². The molecule has 0 fully saturated rings. The average molecular weight is 405 g/mol. The van der Waals surface area contributed by atoms with E-state index >= 15 is 0 Å². The molecule has 2 heterocycles. The first-order valence-electron chi connectivity index (χ1n) is 5.78. The largest absolute Gasteiger partial charge is 0.573 e. The normalized spacial score (nSPS) is 11.8. The molecule has 0 spiro atoms. The van der Waals surface area contributed by atoms with Gasteiger partial charge in [0.1, 0.15) is 9.45 Å². The summed E-state index contributed by atoms with van der Waals surface area (Å²) >= 11 is 2.08. The number of benzene rings is 1. The van der Waals surface area contributed by atoms with Gasteiger partial charge in [0.2, 0.25) is 0 Å². The second-order valence-corrected chi connectivity index (χ2v) is 5.23. The second-order valence-electron chi connectivity index (χ2n) is 4.13. The summed E-state index contributed by atoms with van der Waals surface area (Å²) in [5.74, 6) is -0.285. The zero-order chi connectivity index (χ0) is 15.0. The fraction of sp³-hybridized carbons (Fsp3) is 0.0769. The van der Waals surface area contributed by atoms with Crippen LogP contribution in [0, 0.1) is 3.70 Å². The Balaban J connectivity index is 2.11. The Hall–Kier alpha value is -1.84. The van der Waals surface area contributed by atoms with Crippen molar-refractivity contribution in [3.63, 3.8) is 0 Å². The summed E-state index contributed by atoms with van der Waals surface area (Å²) in [7, 11) is 0. The monoisotopic (exact) mass is 405 g/mol. The number of hydrogen-bond acceptors (Lipinski definition) is 3. The van der Waals surface area contributed by atoms with Crippen molar-refractivity contribution in [3.05, 3.63) is 46.6 Å². The van der Waals surface area contributed by atoms with Gasteiger partial charge < -0.3 is 4.74 Å². The van der Waals surface area contributed by atoms with Crippen molar-refractivity contribution in [2.75, 3.05) is 0 Å². The molecule has 0 saturated heterocycles. The summed E-state index contributed by atoms with van der Waals surface area (Å²) in [4.78, 5) is 8.26. The first-order valence-corrected chi connectivity index (χ1v) is 6.86. The van der Waals surface area contributed by atoms with Crippen LogP contribution in [0.15, 0.2) is 42.9 Å². The Bertz CT molecular complexity index is 801. The third-order valence-electron chi connectivity index (χ3n) is 2.74. The first-order chi connectivity index (χ1) is 9.94. The third-order valence-corrected chi connectivity index (χ3v) is 3.54. The van der Waals surface area contributed by atoms with Gasteiger partial charge in [0.15, 0.2) is 5.65 Å². The highest BCUT2D eigenvalue weighted by Gasteiger charge is 2.32. The Morgan fingerprint density at radius 2 is 1.86 bits per heavy atom. The van der Waals surface area contributed by atoms with E-state index in [9.17, 15) is 13.2 Å². The third kappa shape index (κ3) is 2.94. The van der Waals surface area contributed by atoms with Crippen molar-refractivity contribution in [3.8, 4) is 17.0 Å². The van der Waals surface area contributed by atoms with E-state index in [2.05, 4.69) is 37.3 Å². The lowest BCUT2D eigenvalue weighted by Crippen LogP contribution is -2.17. The van der Waals surface area contributed by atoms with Gasteiger partial charge in [-0.05, 0) is 34.7 Å². The number of imidazole rings is 1. The number of rotatable bonds is 2. The fourth-order valence-electron chi connectivity index (χ4n) is 1.89. The van der Waals surface area contributed by atoms with Gasteiger partial charge in [-0.2, -0.15) is 0 Å². The van der Waals surface area contributed by atoms with Crippen LogP contribution in [-0.4, -0.2) is 20.7 Å². The van der Waals surface area contributed by atoms with E-state index in [1.54, 1.807) is 22.9 Å². The van der Waals surface area contributed by atoms with E-state index < -0.39 is 6.36 Å². The molecule has 2 aromatic heterocycles. The molecule has 4 nitrogen and oxygen atoms in total. The van der Waals surface area contributed by atoms with Gasteiger partial charge in [-0.25, -0.2) is 4.98 Å². The smallest absolute Gasteiger partial charge is 0.405 e. The van der Waals surface area contributed by atoms with Gasteiger partial charge in [-0.3, -0.25) is 9.38 Å². The van der Waals surface area contributed by atoms with E-state index in [1.807, 2.05) is 0 Å². The van der Waals surface area contributed by atoms with Crippen molar-refractivity contribution in [1.82, 2.24) is 14.4 Å². The van der Waals surface area contributed by atoms with Crippen molar-refractivity contribution in [1.29, 1.82) is 0 Å². The SMILES string of the molecule is FC(F)(F)Oc1ccccc1-c1cn2c(I)cnc2cn1. The van der Waals surface area contributed by atoms with Crippen molar-refractivity contribution < 1.29 is 17.9 Å². The van der Waals surface area contributed by atoms with Crippen LogP contribution in [0.3, 0.4) is 0 Å². The predicted octanol–water partition coefficient (Wildman–Crippen LogP) is 3.90. The molecule has 0 aliphatic carbocycles. The molecule has 3 aromatic rings. The molecule has 0 bridgehead atoms. The molecule has 21 heavy (non-hydrogen) atoms. The van der Waals surface area contributed by atoms with Crippen molar-refractivity contribution in [2.45, 2.75) is 6.36 Å². The number of nitrogens with zero attached hydrogens (tertiary/aromatic N) is 3. The highest BCUT2D eigenvalue weighted by Crippen LogP contribution is 2.32. The Morgan fingerprint density at radius 1 is 1.10 bits per heavy atom. The Labute approximate surface area is 130 Å². The number of ether oxygens (including phenoxy) is 1. The molecule has 0 N–H and O–H groups in total. The van der Waals surface area contributed by atoms with Crippen LogP contribution >= 0.6 is 22.6 Å². The molecule has 0 amide bonds. The van der Waals surface area contributed by atoms with E-state index in [0.29, 0.717) is 11.3 Å². The summed E-state index contributed by atoms with van der Waals surface area (Å²) in [6.07, 6.45) is 0.0354. The molecule has 8 heteroatoms. The topological polar surface area (TPSA) is 39.4 Å². The lowest BCUT2D eigenvalue weighted by molar-refractivity contribution is -0.274. The molecule has 0 radical (unpaired) electrons. The maximum Gasteiger partial charge on any atom is 0.573 e. The van der Waals surface area contributed by atoms with Crippen LogP contribution in [0.5, 0.6) is 5.75 Å². The maximum atomic E-state index is 12.4. The molecular formula is C13H7F3IN3O. The second kappa shape index (κ2) is 5.17. The summed E-state index contributed by atoms with van der Waals surface area (Å²) in [5, 5.41) is 0. The van der Waals surface area contributed by atoms with Crippen LogP contribution in [0.4, 0.5) is 13.2 Å². The van der Waals surface area contributed by atoms with E-state index in [-0.39, 0.29) is 11.3 Å². The Kier molecular flexibility index (Phi) is 3.47. The molecule has 108 valence electrons. The van der Waals surface area contributed by atoms with Crippen molar-refractivity contribution >= 4 is 28.2 Å². The summed E-state index contributed by atoms with van der Waals surface area (Å²) in [6.45, 7) is 0. The Morgan fingerprint density at radius 3 is 2.62 bits per heavy atom. The number of fused-ring (bicyclic) bond motifs is 1. The maximum absolute atomic E-state index is 12.4. The molecular weight excluding hydrogens is 398 g/mol. The number of alkyl halides is 3. The minimum atomic E-state index is -4.75. The van der Waals surface area contributed by atoms with E-state index in [1.165, 1.54) is 24.4 Å². The molecule has 0 atom stereocenters. The van der Waals surface area contributed by atoms with E-state index in [0.717, 1.165) is 3.70 Å². The van der Waals surface area contributed by atoms with Gasteiger partial charge in [0.05, 0.1) is 18.1 Å². The number of para-hydroxylation sites is 1. The number of aromatic nitrogens is 3. The zero-order valence-corrected chi connectivity index (χ0v) is 12.5. The molecule has 3 rings (SSSR count). The fourth-order valence-corrected chi connectivity index (χ4v) is 2.42.